The number of amides is 1. The van der Waals surface area contributed by atoms with Crippen LogP contribution < -0.4 is 10.1 Å². The second-order valence-corrected chi connectivity index (χ2v) is 6.23. The van der Waals surface area contributed by atoms with Gasteiger partial charge in [-0.2, -0.15) is 0 Å². The Kier molecular flexibility index (Phi) is 5.73. The lowest BCUT2D eigenvalue weighted by molar-refractivity contribution is -0.137. The van der Waals surface area contributed by atoms with Gasteiger partial charge in [-0.15, -0.1) is 0 Å². The summed E-state index contributed by atoms with van der Waals surface area (Å²) >= 11 is 11.9. The number of carbonyl (C=O) groups excluding carboxylic acids is 1. The third kappa shape index (κ3) is 4.50. The number of ether oxygens (including phenoxy) is 1. The largest absolute Gasteiger partial charge is 0.481 e. The zero-order valence-corrected chi connectivity index (χ0v) is 13.7. The Morgan fingerprint density at radius 2 is 2.10 bits per heavy atom. The van der Waals surface area contributed by atoms with Crippen molar-refractivity contribution < 1.29 is 9.53 Å². The second-order valence-electron chi connectivity index (χ2n) is 5.36. The van der Waals surface area contributed by atoms with E-state index in [1.165, 1.54) is 0 Å². The summed E-state index contributed by atoms with van der Waals surface area (Å²) in [5.41, 5.74) is 0. The number of likely N-dealkylation sites (tertiary alicyclic amines) is 1. The van der Waals surface area contributed by atoms with Gasteiger partial charge in [0.1, 0.15) is 5.75 Å². The van der Waals surface area contributed by atoms with E-state index in [2.05, 4.69) is 5.32 Å². The van der Waals surface area contributed by atoms with Gasteiger partial charge in [0.25, 0.3) is 5.91 Å². The maximum atomic E-state index is 12.4. The fourth-order valence-corrected chi connectivity index (χ4v) is 3.10. The van der Waals surface area contributed by atoms with Gasteiger partial charge < -0.3 is 15.0 Å². The van der Waals surface area contributed by atoms with E-state index in [0.29, 0.717) is 21.7 Å². The Morgan fingerprint density at radius 1 is 1.43 bits per heavy atom. The normalized spacial score (nSPS) is 19.6. The first kappa shape index (κ1) is 16.4. The van der Waals surface area contributed by atoms with Crippen LogP contribution in [0.1, 0.15) is 13.3 Å². The SMILES string of the molecule is CNCC1CCN(C(=O)C(C)Oc2cc(Cl)cc(Cl)c2)C1. The predicted octanol–water partition coefficient (Wildman–Crippen LogP) is 2.83. The molecule has 0 saturated carbocycles. The molecule has 2 atom stereocenters. The summed E-state index contributed by atoms with van der Waals surface area (Å²) in [6.07, 6.45) is 0.482. The van der Waals surface area contributed by atoms with Crippen LogP contribution in [0.5, 0.6) is 5.75 Å². The van der Waals surface area contributed by atoms with Gasteiger partial charge in [0.05, 0.1) is 0 Å². The lowest BCUT2D eigenvalue weighted by atomic mass is 10.1. The van der Waals surface area contributed by atoms with Crippen molar-refractivity contribution in [3.8, 4) is 5.75 Å². The molecule has 1 amide bonds. The first-order valence-electron chi connectivity index (χ1n) is 7.05. The molecule has 0 spiro atoms. The Labute approximate surface area is 135 Å². The van der Waals surface area contributed by atoms with Crippen LogP contribution >= 0.6 is 23.2 Å². The lowest BCUT2D eigenvalue weighted by Gasteiger charge is -2.22. The third-order valence-electron chi connectivity index (χ3n) is 3.59. The molecular formula is C15H20Cl2N2O2. The molecule has 1 aliphatic rings. The molecule has 6 heteroatoms. The third-order valence-corrected chi connectivity index (χ3v) is 4.02. The average Bonchev–Trinajstić information content (AvgIpc) is 2.85. The summed E-state index contributed by atoms with van der Waals surface area (Å²) in [5, 5.41) is 4.14. The molecule has 0 radical (unpaired) electrons. The number of nitrogens with one attached hydrogen (secondary N) is 1. The van der Waals surface area contributed by atoms with Crippen molar-refractivity contribution in [3.63, 3.8) is 0 Å². The zero-order valence-electron chi connectivity index (χ0n) is 12.2. The number of hydrogen-bond donors (Lipinski definition) is 1. The number of hydrogen-bond acceptors (Lipinski definition) is 3. The fraction of sp³-hybridized carbons (Fsp3) is 0.533. The summed E-state index contributed by atoms with van der Waals surface area (Å²) in [6.45, 7) is 4.25. The summed E-state index contributed by atoms with van der Waals surface area (Å²) < 4.78 is 5.67. The minimum atomic E-state index is -0.548. The Bertz CT molecular complexity index is 490. The van der Waals surface area contributed by atoms with Crippen molar-refractivity contribution in [1.29, 1.82) is 0 Å². The molecule has 2 rings (SSSR count). The van der Waals surface area contributed by atoms with Crippen molar-refractivity contribution in [2.45, 2.75) is 19.4 Å². The van der Waals surface area contributed by atoms with Crippen LogP contribution in [-0.2, 0) is 4.79 Å². The van der Waals surface area contributed by atoms with E-state index < -0.39 is 6.10 Å². The molecule has 1 heterocycles. The minimum absolute atomic E-state index is 0.00435. The lowest BCUT2D eigenvalue weighted by Crippen LogP contribution is -2.39. The quantitative estimate of drug-likeness (QED) is 0.902. The predicted molar refractivity (Wildman–Crippen MR) is 85.2 cm³/mol. The minimum Gasteiger partial charge on any atom is -0.481 e. The number of benzene rings is 1. The highest BCUT2D eigenvalue weighted by Crippen LogP contribution is 2.25. The summed E-state index contributed by atoms with van der Waals surface area (Å²) in [4.78, 5) is 14.2. The van der Waals surface area contributed by atoms with Crippen molar-refractivity contribution in [2.24, 2.45) is 5.92 Å². The standard InChI is InChI=1S/C15H20Cl2N2O2/c1-10(21-14-6-12(16)5-13(17)7-14)15(20)19-4-3-11(9-19)8-18-2/h5-7,10-11,18H,3-4,8-9H2,1-2H3. The highest BCUT2D eigenvalue weighted by molar-refractivity contribution is 6.34. The Morgan fingerprint density at radius 3 is 2.71 bits per heavy atom. The second kappa shape index (κ2) is 7.34. The van der Waals surface area contributed by atoms with Crippen LogP contribution in [0.4, 0.5) is 0 Å². The monoisotopic (exact) mass is 330 g/mol. The molecule has 0 aromatic heterocycles. The van der Waals surface area contributed by atoms with E-state index in [1.54, 1.807) is 25.1 Å². The summed E-state index contributed by atoms with van der Waals surface area (Å²) in [7, 11) is 1.93. The van der Waals surface area contributed by atoms with Crippen molar-refractivity contribution in [1.82, 2.24) is 10.2 Å². The van der Waals surface area contributed by atoms with Gasteiger partial charge in [0.2, 0.25) is 0 Å². The smallest absolute Gasteiger partial charge is 0.263 e. The van der Waals surface area contributed by atoms with E-state index >= 15 is 0 Å². The number of rotatable bonds is 5. The molecule has 0 aliphatic carbocycles. The topological polar surface area (TPSA) is 41.6 Å². The maximum absolute atomic E-state index is 12.4. The summed E-state index contributed by atoms with van der Waals surface area (Å²) in [5.74, 6) is 1.04. The molecule has 1 N–H and O–H groups in total. The molecule has 1 saturated heterocycles. The van der Waals surface area contributed by atoms with Crippen molar-refractivity contribution >= 4 is 29.1 Å². The fourth-order valence-electron chi connectivity index (χ4n) is 2.60. The van der Waals surface area contributed by atoms with Crippen molar-refractivity contribution in [3.05, 3.63) is 28.2 Å². The van der Waals surface area contributed by atoms with Gasteiger partial charge in [0.15, 0.2) is 6.10 Å². The molecule has 1 aromatic rings. The van der Waals surface area contributed by atoms with Crippen molar-refractivity contribution in [2.75, 3.05) is 26.7 Å². The van der Waals surface area contributed by atoms with Gasteiger partial charge in [0, 0.05) is 23.1 Å². The first-order valence-corrected chi connectivity index (χ1v) is 7.81. The maximum Gasteiger partial charge on any atom is 0.263 e. The van der Waals surface area contributed by atoms with Gasteiger partial charge in [-0.05, 0) is 51.1 Å². The van der Waals surface area contributed by atoms with Crippen LogP contribution in [0.15, 0.2) is 18.2 Å². The Hall–Kier alpha value is -0.970. The van der Waals surface area contributed by atoms with Crippen LogP contribution in [0.25, 0.3) is 0 Å². The van der Waals surface area contributed by atoms with Gasteiger partial charge >= 0.3 is 0 Å². The van der Waals surface area contributed by atoms with E-state index in [-0.39, 0.29) is 5.91 Å². The molecule has 4 nitrogen and oxygen atoms in total. The molecule has 0 bridgehead atoms. The molecule has 116 valence electrons. The highest BCUT2D eigenvalue weighted by atomic mass is 35.5. The van der Waals surface area contributed by atoms with E-state index in [4.69, 9.17) is 27.9 Å². The van der Waals surface area contributed by atoms with Gasteiger partial charge in [-0.1, -0.05) is 23.2 Å². The molecule has 1 aromatic carbocycles. The van der Waals surface area contributed by atoms with E-state index in [0.717, 1.165) is 26.1 Å². The number of nitrogens with zero attached hydrogens (tertiary/aromatic N) is 1. The van der Waals surface area contributed by atoms with E-state index in [1.807, 2.05) is 11.9 Å². The van der Waals surface area contributed by atoms with Crippen LogP contribution in [-0.4, -0.2) is 43.6 Å². The van der Waals surface area contributed by atoms with Gasteiger partial charge in [-0.3, -0.25) is 4.79 Å². The number of carbonyl (C=O) groups is 1. The van der Waals surface area contributed by atoms with Gasteiger partial charge in [-0.25, -0.2) is 0 Å². The van der Waals surface area contributed by atoms with Crippen LogP contribution in [0.3, 0.4) is 0 Å². The molecule has 2 unspecified atom stereocenters. The molecular weight excluding hydrogens is 311 g/mol. The Balaban J connectivity index is 1.93. The van der Waals surface area contributed by atoms with E-state index in [9.17, 15) is 4.79 Å². The number of halogens is 2. The van der Waals surface area contributed by atoms with Crippen LogP contribution in [0.2, 0.25) is 10.0 Å². The average molecular weight is 331 g/mol. The molecule has 1 fully saturated rings. The highest BCUT2D eigenvalue weighted by Gasteiger charge is 2.29. The molecule has 21 heavy (non-hydrogen) atoms. The zero-order chi connectivity index (χ0) is 15.4. The first-order chi connectivity index (χ1) is 9.99. The van der Waals surface area contributed by atoms with Crippen LogP contribution in [0, 0.1) is 5.92 Å². The molecule has 1 aliphatic heterocycles. The summed E-state index contributed by atoms with van der Waals surface area (Å²) in [6, 6.07) is 4.95.